The predicted molar refractivity (Wildman–Crippen MR) is 134 cm³/mol. The number of hydrogen-bond donors (Lipinski definition) is 0. The molecule has 1 aromatic carbocycles. The van der Waals surface area contributed by atoms with E-state index in [4.69, 9.17) is 24.0 Å². The lowest BCUT2D eigenvalue weighted by molar-refractivity contribution is -0.130. The SMILES string of the molecule is COc1ccc(C2=NN(C(=O)CSc3nc(C)c(C)n3C[C@@H]3CCCO3)[C@@H](c3ccco3)C2)cc1. The van der Waals surface area contributed by atoms with Gasteiger partial charge in [-0.2, -0.15) is 5.10 Å². The van der Waals surface area contributed by atoms with Crippen LogP contribution in [0.5, 0.6) is 5.75 Å². The van der Waals surface area contributed by atoms with Crippen molar-refractivity contribution >= 4 is 23.4 Å². The van der Waals surface area contributed by atoms with E-state index in [1.165, 1.54) is 11.8 Å². The Morgan fingerprint density at radius 2 is 2.06 bits per heavy atom. The van der Waals surface area contributed by atoms with Gasteiger partial charge in [-0.05, 0) is 68.7 Å². The van der Waals surface area contributed by atoms with Gasteiger partial charge in [0.1, 0.15) is 17.6 Å². The lowest BCUT2D eigenvalue weighted by Crippen LogP contribution is -2.28. The highest BCUT2D eigenvalue weighted by atomic mass is 32.2. The lowest BCUT2D eigenvalue weighted by atomic mass is 10.0. The van der Waals surface area contributed by atoms with Crippen LogP contribution in [0.3, 0.4) is 0 Å². The molecule has 2 aliphatic rings. The van der Waals surface area contributed by atoms with Crippen molar-refractivity contribution < 1.29 is 18.7 Å². The summed E-state index contributed by atoms with van der Waals surface area (Å²) >= 11 is 1.45. The summed E-state index contributed by atoms with van der Waals surface area (Å²) < 4.78 is 19.0. The van der Waals surface area contributed by atoms with Gasteiger partial charge in [0.15, 0.2) is 5.16 Å². The predicted octanol–water partition coefficient (Wildman–Crippen LogP) is 4.75. The van der Waals surface area contributed by atoms with Crippen LogP contribution in [0.25, 0.3) is 0 Å². The average molecular weight is 495 g/mol. The third-order valence-electron chi connectivity index (χ3n) is 6.62. The Morgan fingerprint density at radius 3 is 2.74 bits per heavy atom. The summed E-state index contributed by atoms with van der Waals surface area (Å²) in [6.07, 6.45) is 4.57. The molecule has 4 heterocycles. The second-order valence-electron chi connectivity index (χ2n) is 8.85. The van der Waals surface area contributed by atoms with Gasteiger partial charge in [0, 0.05) is 18.7 Å². The van der Waals surface area contributed by atoms with E-state index in [0.29, 0.717) is 6.42 Å². The maximum atomic E-state index is 13.4. The average Bonchev–Trinajstić information content (AvgIpc) is 3.68. The number of hydrogen-bond acceptors (Lipinski definition) is 7. The minimum Gasteiger partial charge on any atom is -0.497 e. The maximum absolute atomic E-state index is 13.4. The van der Waals surface area contributed by atoms with Gasteiger partial charge in [0.25, 0.3) is 5.91 Å². The summed E-state index contributed by atoms with van der Waals surface area (Å²) in [5.74, 6) is 1.66. The lowest BCUT2D eigenvalue weighted by Gasteiger charge is -2.20. The van der Waals surface area contributed by atoms with Crippen LogP contribution in [-0.2, 0) is 16.1 Å². The Balaban J connectivity index is 1.34. The molecule has 0 aliphatic carbocycles. The van der Waals surface area contributed by atoms with Crippen molar-refractivity contribution in [2.45, 2.75) is 57.0 Å². The Kier molecular flexibility index (Phi) is 6.97. The molecule has 0 bridgehead atoms. The van der Waals surface area contributed by atoms with Crippen molar-refractivity contribution in [3.8, 4) is 5.75 Å². The van der Waals surface area contributed by atoms with E-state index >= 15 is 0 Å². The monoisotopic (exact) mass is 494 g/mol. The molecule has 184 valence electrons. The van der Waals surface area contributed by atoms with Gasteiger partial charge in [0.2, 0.25) is 0 Å². The van der Waals surface area contributed by atoms with Crippen LogP contribution >= 0.6 is 11.8 Å². The number of thioether (sulfide) groups is 1. The van der Waals surface area contributed by atoms with Crippen LogP contribution in [0.2, 0.25) is 0 Å². The molecule has 9 heteroatoms. The first-order chi connectivity index (χ1) is 17.0. The molecule has 1 amide bonds. The number of carbonyl (C=O) groups excluding carboxylic acids is 1. The zero-order valence-electron chi connectivity index (χ0n) is 20.3. The number of imidazole rings is 1. The minimum absolute atomic E-state index is 0.0816. The molecule has 3 aromatic rings. The fourth-order valence-electron chi connectivity index (χ4n) is 4.53. The molecule has 0 spiro atoms. The molecule has 0 unspecified atom stereocenters. The topological polar surface area (TPSA) is 82.1 Å². The summed E-state index contributed by atoms with van der Waals surface area (Å²) in [5.41, 5.74) is 3.90. The number of aryl methyl sites for hydroxylation is 1. The summed E-state index contributed by atoms with van der Waals surface area (Å²) in [5, 5.41) is 7.14. The normalized spacial score (nSPS) is 19.9. The van der Waals surface area contributed by atoms with E-state index < -0.39 is 0 Å². The van der Waals surface area contributed by atoms with Gasteiger partial charge in [-0.3, -0.25) is 4.79 Å². The standard InChI is InChI=1S/C26H30N4O4S/c1-17-18(2)29(15-21-6-4-12-33-21)26(27-17)35-16-25(31)30-23(24-7-5-13-34-24)14-22(28-30)19-8-10-20(32-3)11-9-19/h5,7-11,13,21,23H,4,6,12,14-16H2,1-3H3/t21-,23+/m0/s1. The van der Waals surface area contributed by atoms with Gasteiger partial charge in [-0.15, -0.1) is 0 Å². The number of amides is 1. The summed E-state index contributed by atoms with van der Waals surface area (Å²) in [7, 11) is 1.64. The van der Waals surface area contributed by atoms with Crippen molar-refractivity contribution in [1.29, 1.82) is 0 Å². The zero-order valence-corrected chi connectivity index (χ0v) is 21.1. The number of carbonyl (C=O) groups is 1. The first-order valence-corrected chi connectivity index (χ1v) is 12.9. The van der Waals surface area contributed by atoms with Crippen molar-refractivity contribution in [2.75, 3.05) is 19.5 Å². The number of ether oxygens (including phenoxy) is 2. The van der Waals surface area contributed by atoms with Crippen molar-refractivity contribution in [3.05, 3.63) is 65.4 Å². The van der Waals surface area contributed by atoms with Gasteiger partial charge in [-0.1, -0.05) is 11.8 Å². The van der Waals surface area contributed by atoms with Crippen LogP contribution in [-0.4, -0.2) is 51.8 Å². The highest BCUT2D eigenvalue weighted by Gasteiger charge is 2.35. The largest absolute Gasteiger partial charge is 0.497 e. The van der Waals surface area contributed by atoms with Crippen molar-refractivity contribution in [1.82, 2.24) is 14.6 Å². The summed E-state index contributed by atoms with van der Waals surface area (Å²) in [6.45, 7) is 5.66. The van der Waals surface area contributed by atoms with Crippen LogP contribution in [0, 0.1) is 13.8 Å². The third kappa shape index (κ3) is 5.01. The highest BCUT2D eigenvalue weighted by Crippen LogP contribution is 2.34. The molecule has 35 heavy (non-hydrogen) atoms. The Hall–Kier alpha value is -3.04. The van der Waals surface area contributed by atoms with Crippen LogP contribution in [0.1, 0.15) is 48.0 Å². The number of furan rings is 1. The number of methoxy groups -OCH3 is 1. The molecule has 0 N–H and O–H groups in total. The van der Waals surface area contributed by atoms with E-state index in [-0.39, 0.29) is 23.8 Å². The molecular formula is C26H30N4O4S. The molecule has 1 fully saturated rings. The molecule has 0 saturated carbocycles. The van der Waals surface area contributed by atoms with Gasteiger partial charge < -0.3 is 18.5 Å². The number of nitrogens with zero attached hydrogens (tertiary/aromatic N) is 4. The van der Waals surface area contributed by atoms with E-state index in [9.17, 15) is 4.79 Å². The molecule has 0 radical (unpaired) electrons. The first-order valence-electron chi connectivity index (χ1n) is 11.9. The van der Waals surface area contributed by atoms with Gasteiger partial charge in [-0.25, -0.2) is 9.99 Å². The third-order valence-corrected chi connectivity index (χ3v) is 7.58. The van der Waals surface area contributed by atoms with E-state index in [2.05, 4.69) is 11.5 Å². The number of hydrazone groups is 1. The second-order valence-corrected chi connectivity index (χ2v) is 9.79. The van der Waals surface area contributed by atoms with Crippen LogP contribution in [0.15, 0.2) is 57.3 Å². The first kappa shape index (κ1) is 23.7. The second kappa shape index (κ2) is 10.3. The Morgan fingerprint density at radius 1 is 1.23 bits per heavy atom. The fraction of sp³-hybridized carbons (Fsp3) is 0.423. The zero-order chi connectivity index (χ0) is 24.4. The number of benzene rings is 1. The van der Waals surface area contributed by atoms with Crippen molar-refractivity contribution in [2.24, 2.45) is 5.10 Å². The molecule has 2 aliphatic heterocycles. The molecule has 5 rings (SSSR count). The number of aromatic nitrogens is 2. The molecule has 2 atom stereocenters. The van der Waals surface area contributed by atoms with Crippen molar-refractivity contribution in [3.63, 3.8) is 0 Å². The van der Waals surface area contributed by atoms with E-state index in [0.717, 1.165) is 65.3 Å². The molecule has 8 nitrogen and oxygen atoms in total. The summed E-state index contributed by atoms with van der Waals surface area (Å²) in [4.78, 5) is 18.2. The minimum atomic E-state index is -0.273. The van der Waals surface area contributed by atoms with Crippen LogP contribution in [0.4, 0.5) is 0 Å². The quantitative estimate of drug-likeness (QED) is 0.420. The Bertz CT molecular complexity index is 1200. The number of rotatable bonds is 8. The smallest absolute Gasteiger partial charge is 0.253 e. The highest BCUT2D eigenvalue weighted by molar-refractivity contribution is 7.99. The molecule has 1 saturated heterocycles. The van der Waals surface area contributed by atoms with Gasteiger partial charge >= 0.3 is 0 Å². The maximum Gasteiger partial charge on any atom is 0.253 e. The van der Waals surface area contributed by atoms with Gasteiger partial charge in [0.05, 0.1) is 43.2 Å². The Labute approximate surface area is 209 Å². The van der Waals surface area contributed by atoms with E-state index in [1.54, 1.807) is 18.4 Å². The van der Waals surface area contributed by atoms with Crippen LogP contribution < -0.4 is 4.74 Å². The fourth-order valence-corrected chi connectivity index (χ4v) is 5.49. The molecular weight excluding hydrogens is 464 g/mol. The van der Waals surface area contributed by atoms with E-state index in [1.807, 2.05) is 43.3 Å². The molecule has 2 aromatic heterocycles. The summed E-state index contributed by atoms with van der Waals surface area (Å²) in [6, 6.07) is 11.2.